The van der Waals surface area contributed by atoms with Gasteiger partial charge in [0.15, 0.2) is 12.4 Å². The quantitative estimate of drug-likeness (QED) is 0.645. The number of aromatic nitrogens is 2. The third-order valence-electron chi connectivity index (χ3n) is 4.92. The summed E-state index contributed by atoms with van der Waals surface area (Å²) in [6.45, 7) is 3.69. The highest BCUT2D eigenvalue weighted by Crippen LogP contribution is 2.13. The van der Waals surface area contributed by atoms with Crippen LogP contribution in [0.3, 0.4) is 0 Å². The third kappa shape index (κ3) is 5.00. The van der Waals surface area contributed by atoms with Crippen molar-refractivity contribution in [2.75, 3.05) is 26.2 Å². The maximum Gasteiger partial charge on any atom is 0.274 e. The van der Waals surface area contributed by atoms with Gasteiger partial charge >= 0.3 is 0 Å². The molecule has 0 N–H and O–H groups in total. The maximum atomic E-state index is 13.3. The Bertz CT molecular complexity index is 952. The molecule has 4 rings (SSSR count). The normalized spacial score (nSPS) is 14.7. The predicted octanol–water partition coefficient (Wildman–Crippen LogP) is 3.02. The Morgan fingerprint density at radius 2 is 1.79 bits per heavy atom. The van der Waals surface area contributed by atoms with Crippen LogP contribution in [0.4, 0.5) is 4.39 Å². The number of piperazine rings is 1. The van der Waals surface area contributed by atoms with Gasteiger partial charge in [-0.1, -0.05) is 30.3 Å². The first-order valence-electron chi connectivity index (χ1n) is 9.65. The topological polar surface area (TPSA) is 50.6 Å². The fourth-order valence-corrected chi connectivity index (χ4v) is 3.37. The van der Waals surface area contributed by atoms with Crippen LogP contribution in [-0.2, 0) is 13.3 Å². The van der Waals surface area contributed by atoms with Crippen molar-refractivity contribution in [3.63, 3.8) is 0 Å². The monoisotopic (exact) mass is 394 g/mol. The summed E-state index contributed by atoms with van der Waals surface area (Å²) in [6.07, 6.45) is 1.75. The first-order valence-corrected chi connectivity index (χ1v) is 9.65. The van der Waals surface area contributed by atoms with E-state index in [0.29, 0.717) is 25.3 Å². The zero-order valence-electron chi connectivity index (χ0n) is 16.1. The van der Waals surface area contributed by atoms with Gasteiger partial charge in [0.1, 0.15) is 11.6 Å². The summed E-state index contributed by atoms with van der Waals surface area (Å²) in [4.78, 5) is 16.8. The molecule has 7 heteroatoms. The predicted molar refractivity (Wildman–Crippen MR) is 107 cm³/mol. The summed E-state index contributed by atoms with van der Waals surface area (Å²) in [5, 5.41) is 4.34. The van der Waals surface area contributed by atoms with E-state index in [-0.39, 0.29) is 18.5 Å². The highest BCUT2D eigenvalue weighted by Gasteiger charge is 2.23. The van der Waals surface area contributed by atoms with Crippen molar-refractivity contribution in [3.05, 3.63) is 83.9 Å². The summed E-state index contributed by atoms with van der Waals surface area (Å²) in [7, 11) is 0. The molecule has 0 saturated carbocycles. The molecule has 1 aromatic heterocycles. The van der Waals surface area contributed by atoms with Gasteiger partial charge < -0.3 is 9.64 Å². The van der Waals surface area contributed by atoms with Gasteiger partial charge in [0.05, 0.1) is 0 Å². The highest BCUT2D eigenvalue weighted by molar-refractivity contribution is 5.92. The van der Waals surface area contributed by atoms with Crippen LogP contribution in [0.15, 0.2) is 66.9 Å². The first-order chi connectivity index (χ1) is 14.2. The van der Waals surface area contributed by atoms with Gasteiger partial charge in [-0.05, 0) is 35.9 Å². The second-order valence-corrected chi connectivity index (χ2v) is 7.03. The van der Waals surface area contributed by atoms with Gasteiger partial charge in [-0.2, -0.15) is 5.10 Å². The van der Waals surface area contributed by atoms with Gasteiger partial charge in [0, 0.05) is 38.9 Å². The lowest BCUT2D eigenvalue weighted by Gasteiger charge is -2.34. The molecule has 0 unspecified atom stereocenters. The van der Waals surface area contributed by atoms with Crippen molar-refractivity contribution >= 4 is 5.91 Å². The van der Waals surface area contributed by atoms with Crippen LogP contribution in [0.2, 0.25) is 0 Å². The van der Waals surface area contributed by atoms with E-state index in [0.717, 1.165) is 24.4 Å². The molecule has 2 aromatic carbocycles. The number of carbonyl (C=O) groups excluding carboxylic acids is 1. The number of nitrogens with zero attached hydrogens (tertiary/aromatic N) is 4. The van der Waals surface area contributed by atoms with E-state index in [1.165, 1.54) is 6.07 Å². The Kier molecular flexibility index (Phi) is 5.86. The van der Waals surface area contributed by atoms with E-state index in [2.05, 4.69) is 10.00 Å². The second kappa shape index (κ2) is 8.87. The Labute approximate surface area is 169 Å². The molecule has 29 heavy (non-hydrogen) atoms. The van der Waals surface area contributed by atoms with Gasteiger partial charge in [-0.15, -0.1) is 0 Å². The van der Waals surface area contributed by atoms with Crippen LogP contribution < -0.4 is 4.74 Å². The minimum Gasteiger partial charge on any atom is -0.471 e. The Hall–Kier alpha value is -3.19. The van der Waals surface area contributed by atoms with E-state index in [4.69, 9.17) is 4.74 Å². The maximum absolute atomic E-state index is 13.3. The number of hydrogen-bond donors (Lipinski definition) is 0. The molecule has 1 fully saturated rings. The molecule has 1 amide bonds. The summed E-state index contributed by atoms with van der Waals surface area (Å²) >= 11 is 0. The largest absolute Gasteiger partial charge is 0.471 e. The Morgan fingerprint density at radius 1 is 1.00 bits per heavy atom. The van der Waals surface area contributed by atoms with E-state index in [9.17, 15) is 9.18 Å². The molecule has 6 nitrogen and oxygen atoms in total. The molecule has 2 heterocycles. The minimum atomic E-state index is -0.219. The lowest BCUT2D eigenvalue weighted by atomic mass is 10.2. The summed E-state index contributed by atoms with van der Waals surface area (Å²) in [5.74, 6) is 0.460. The summed E-state index contributed by atoms with van der Waals surface area (Å²) in [5.41, 5.74) is 1.36. The third-order valence-corrected chi connectivity index (χ3v) is 4.92. The zero-order valence-corrected chi connectivity index (χ0v) is 16.1. The Morgan fingerprint density at radius 3 is 2.55 bits per heavy atom. The summed E-state index contributed by atoms with van der Waals surface area (Å²) < 4.78 is 20.6. The Balaban J connectivity index is 1.28. The second-order valence-electron chi connectivity index (χ2n) is 7.03. The van der Waals surface area contributed by atoms with Crippen LogP contribution in [-0.4, -0.2) is 51.7 Å². The van der Waals surface area contributed by atoms with Crippen LogP contribution >= 0.6 is 0 Å². The molecular formula is C22H23FN4O2. The molecule has 1 saturated heterocycles. The number of halogens is 1. The molecule has 3 aromatic rings. The fraction of sp³-hybridized carbons (Fsp3) is 0.273. The highest BCUT2D eigenvalue weighted by atomic mass is 19.1. The first kappa shape index (κ1) is 19.1. The molecule has 0 atom stereocenters. The number of carbonyl (C=O) groups is 1. The van der Waals surface area contributed by atoms with Crippen molar-refractivity contribution in [1.82, 2.24) is 19.6 Å². The molecule has 150 valence electrons. The number of amides is 1. The van der Waals surface area contributed by atoms with Crippen molar-refractivity contribution < 1.29 is 13.9 Å². The molecule has 0 aliphatic carbocycles. The van der Waals surface area contributed by atoms with E-state index in [1.807, 2.05) is 41.3 Å². The average molecular weight is 394 g/mol. The number of rotatable bonds is 6. The molecule has 0 bridgehead atoms. The molecule has 0 spiro atoms. The minimum absolute atomic E-state index is 0.0751. The van der Waals surface area contributed by atoms with E-state index in [1.54, 1.807) is 29.1 Å². The van der Waals surface area contributed by atoms with Crippen LogP contribution in [0.25, 0.3) is 0 Å². The zero-order chi connectivity index (χ0) is 20.1. The van der Waals surface area contributed by atoms with Gasteiger partial charge in [-0.25, -0.2) is 9.07 Å². The van der Waals surface area contributed by atoms with Gasteiger partial charge in [-0.3, -0.25) is 9.69 Å². The number of hydrogen-bond acceptors (Lipinski definition) is 4. The SMILES string of the molecule is O=C(c1ccn(COc2ccccc2)n1)N1CCN(Cc2cccc(F)c2)CC1. The van der Waals surface area contributed by atoms with Crippen LogP contribution in [0.5, 0.6) is 5.75 Å². The number of ether oxygens (including phenoxy) is 1. The summed E-state index contributed by atoms with van der Waals surface area (Å²) in [6, 6.07) is 17.9. The van der Waals surface area contributed by atoms with Crippen molar-refractivity contribution in [3.8, 4) is 5.75 Å². The lowest BCUT2D eigenvalue weighted by Crippen LogP contribution is -2.48. The van der Waals surface area contributed by atoms with E-state index < -0.39 is 0 Å². The number of para-hydroxylation sites is 1. The molecular weight excluding hydrogens is 371 g/mol. The lowest BCUT2D eigenvalue weighted by molar-refractivity contribution is 0.0620. The molecule has 0 radical (unpaired) electrons. The fourth-order valence-electron chi connectivity index (χ4n) is 3.37. The molecule has 1 aliphatic heterocycles. The van der Waals surface area contributed by atoms with Crippen molar-refractivity contribution in [1.29, 1.82) is 0 Å². The van der Waals surface area contributed by atoms with Gasteiger partial charge in [0.2, 0.25) is 0 Å². The van der Waals surface area contributed by atoms with Crippen LogP contribution in [0.1, 0.15) is 16.1 Å². The van der Waals surface area contributed by atoms with Crippen LogP contribution in [0, 0.1) is 5.82 Å². The average Bonchev–Trinajstić information content (AvgIpc) is 3.22. The standard InChI is InChI=1S/C22H23FN4O2/c23-19-6-4-5-18(15-19)16-25-11-13-26(14-12-25)22(28)21-9-10-27(24-21)17-29-20-7-2-1-3-8-20/h1-10,15H,11-14,16-17H2. The smallest absolute Gasteiger partial charge is 0.274 e. The van der Waals surface area contributed by atoms with Gasteiger partial charge in [0.25, 0.3) is 5.91 Å². The number of benzene rings is 2. The molecule has 1 aliphatic rings. The van der Waals surface area contributed by atoms with E-state index >= 15 is 0 Å². The van der Waals surface area contributed by atoms with Crippen molar-refractivity contribution in [2.45, 2.75) is 13.3 Å². The van der Waals surface area contributed by atoms with Crippen molar-refractivity contribution in [2.24, 2.45) is 0 Å².